The molecule has 0 aromatic rings. The fraction of sp³-hybridized carbons (Fsp3) is 0.750. The lowest BCUT2D eigenvalue weighted by Crippen LogP contribution is -2.46. The van der Waals surface area contributed by atoms with Crippen molar-refractivity contribution in [1.29, 1.82) is 0 Å². The number of ether oxygens (including phenoxy) is 2. The normalized spacial score (nSPS) is 15.3. The number of nitrogens with zero attached hydrogens (tertiary/aromatic N) is 2. The summed E-state index contributed by atoms with van der Waals surface area (Å²) in [7, 11) is 0. The molecule has 0 aliphatic carbocycles. The Morgan fingerprint density at radius 2 is 1.23 bits per heavy atom. The van der Waals surface area contributed by atoms with E-state index in [1.54, 1.807) is 0 Å². The van der Waals surface area contributed by atoms with Gasteiger partial charge in [0.05, 0.1) is 12.2 Å². The summed E-state index contributed by atoms with van der Waals surface area (Å²) < 4.78 is 10.4. The number of hydrogen-bond acceptors (Lipinski definition) is 6. The minimum atomic E-state index is -0.267. The maximum atomic E-state index is 11.8. The van der Waals surface area contributed by atoms with E-state index in [0.717, 1.165) is 0 Å². The van der Waals surface area contributed by atoms with Crippen LogP contribution in [0.3, 0.4) is 0 Å². The van der Waals surface area contributed by atoms with Gasteiger partial charge in [-0.15, -0.1) is 0 Å². The van der Waals surface area contributed by atoms with Gasteiger partial charge < -0.3 is 19.3 Å². The Morgan fingerprint density at radius 1 is 0.864 bits per heavy atom. The molecule has 0 aromatic carbocycles. The Balaban J connectivity index is 2.65. The highest BCUT2D eigenvalue weighted by Crippen LogP contribution is 2.22. The van der Waals surface area contributed by atoms with Crippen molar-refractivity contribution < 1.29 is 19.1 Å². The summed E-state index contributed by atoms with van der Waals surface area (Å²) in [6, 6.07) is 0. The lowest BCUT2D eigenvalue weighted by atomic mass is 10.1. The van der Waals surface area contributed by atoms with E-state index in [1.807, 2.05) is 49.9 Å². The third-order valence-electron chi connectivity index (χ3n) is 3.08. The molecule has 0 radical (unpaired) electrons. The van der Waals surface area contributed by atoms with E-state index in [2.05, 4.69) is 13.8 Å². The molecule has 1 rings (SSSR count). The first kappa shape index (κ1) is 18.3. The minimum Gasteiger partial charge on any atom is -0.462 e. The molecule has 0 aromatic heterocycles. The molecule has 1 aliphatic heterocycles. The van der Waals surface area contributed by atoms with Crippen molar-refractivity contribution in [2.75, 3.05) is 13.1 Å². The summed E-state index contributed by atoms with van der Waals surface area (Å²) in [6.07, 6.45) is 3.34. The fourth-order valence-corrected chi connectivity index (χ4v) is 2.49. The van der Waals surface area contributed by atoms with E-state index in [1.165, 1.54) is 0 Å². The molecule has 0 amide bonds. The molecule has 1 heterocycles. The highest BCUT2D eigenvalue weighted by Gasteiger charge is 2.32. The molecule has 126 valence electrons. The molecule has 0 spiro atoms. The highest BCUT2D eigenvalue weighted by atomic mass is 16.5. The monoisotopic (exact) mass is 312 g/mol. The van der Waals surface area contributed by atoms with E-state index < -0.39 is 0 Å². The SMILES string of the molecule is CC(C)OC(=O)CN1C=CN(CC(=O)OC(C)C)C1C(C)C. The van der Waals surface area contributed by atoms with E-state index in [9.17, 15) is 9.59 Å². The summed E-state index contributed by atoms with van der Waals surface area (Å²) in [5.74, 6) is -0.289. The smallest absolute Gasteiger partial charge is 0.325 e. The molecular formula is C16H28N2O4. The largest absolute Gasteiger partial charge is 0.462 e. The molecule has 0 N–H and O–H groups in total. The maximum Gasteiger partial charge on any atom is 0.325 e. The van der Waals surface area contributed by atoms with E-state index in [-0.39, 0.29) is 49.3 Å². The summed E-state index contributed by atoms with van der Waals surface area (Å²) in [5.41, 5.74) is 0. The zero-order valence-electron chi connectivity index (χ0n) is 14.4. The first-order valence-electron chi connectivity index (χ1n) is 7.79. The standard InChI is InChI=1S/C16H28N2O4/c1-11(2)16-17(9-14(19)21-12(3)4)7-8-18(16)10-15(20)22-13(5)6/h7-8,11-13,16H,9-10H2,1-6H3. The number of esters is 2. The van der Waals surface area contributed by atoms with Crippen molar-refractivity contribution in [3.05, 3.63) is 12.4 Å². The van der Waals surface area contributed by atoms with Crippen LogP contribution in [0.25, 0.3) is 0 Å². The molecule has 6 nitrogen and oxygen atoms in total. The molecule has 0 saturated heterocycles. The van der Waals surface area contributed by atoms with Crippen molar-refractivity contribution in [1.82, 2.24) is 9.80 Å². The summed E-state index contributed by atoms with van der Waals surface area (Å²) in [4.78, 5) is 27.5. The first-order valence-corrected chi connectivity index (χ1v) is 7.79. The number of rotatable bonds is 7. The first-order chi connectivity index (χ1) is 10.2. The quantitative estimate of drug-likeness (QED) is 0.670. The second kappa shape index (κ2) is 8.06. The van der Waals surface area contributed by atoms with Crippen LogP contribution < -0.4 is 0 Å². The Labute approximate surface area is 133 Å². The average molecular weight is 312 g/mol. The zero-order chi connectivity index (χ0) is 16.9. The van der Waals surface area contributed by atoms with Crippen LogP contribution in [0.1, 0.15) is 41.5 Å². The number of hydrogen-bond donors (Lipinski definition) is 0. The Morgan fingerprint density at radius 3 is 1.50 bits per heavy atom. The summed E-state index contributed by atoms with van der Waals surface area (Å²) >= 11 is 0. The molecule has 0 bridgehead atoms. The van der Waals surface area contributed by atoms with Crippen molar-refractivity contribution >= 4 is 11.9 Å². The Kier molecular flexibility index (Phi) is 6.71. The van der Waals surface area contributed by atoms with Crippen molar-refractivity contribution in [2.24, 2.45) is 5.92 Å². The predicted octanol–water partition coefficient (Wildman–Crippen LogP) is 1.96. The molecule has 1 aliphatic rings. The lowest BCUT2D eigenvalue weighted by Gasteiger charge is -2.34. The molecule has 0 fully saturated rings. The Bertz CT molecular complexity index is 384. The highest BCUT2D eigenvalue weighted by molar-refractivity contribution is 5.73. The van der Waals surface area contributed by atoms with Crippen LogP contribution >= 0.6 is 0 Å². The molecule has 6 heteroatoms. The molecule has 0 unspecified atom stereocenters. The van der Waals surface area contributed by atoms with Gasteiger partial charge >= 0.3 is 11.9 Å². The van der Waals surface area contributed by atoms with Crippen LogP contribution in [0.15, 0.2) is 12.4 Å². The van der Waals surface area contributed by atoms with Gasteiger partial charge in [-0.25, -0.2) is 0 Å². The van der Waals surface area contributed by atoms with Crippen molar-refractivity contribution in [2.45, 2.75) is 59.9 Å². The van der Waals surface area contributed by atoms with E-state index in [4.69, 9.17) is 9.47 Å². The van der Waals surface area contributed by atoms with Crippen LogP contribution in [0.5, 0.6) is 0 Å². The molecular weight excluding hydrogens is 284 g/mol. The van der Waals surface area contributed by atoms with Crippen LogP contribution in [0, 0.1) is 5.92 Å². The maximum absolute atomic E-state index is 11.8. The predicted molar refractivity (Wildman–Crippen MR) is 83.6 cm³/mol. The lowest BCUT2D eigenvalue weighted by molar-refractivity contribution is -0.150. The average Bonchev–Trinajstić information content (AvgIpc) is 2.69. The van der Waals surface area contributed by atoms with Gasteiger partial charge in [0.15, 0.2) is 0 Å². The van der Waals surface area contributed by atoms with Crippen molar-refractivity contribution in [3.63, 3.8) is 0 Å². The molecule has 0 atom stereocenters. The van der Waals surface area contributed by atoms with Gasteiger partial charge in [-0.3, -0.25) is 9.59 Å². The fourth-order valence-electron chi connectivity index (χ4n) is 2.49. The Hall–Kier alpha value is -1.72. The minimum absolute atomic E-state index is 0.0561. The summed E-state index contributed by atoms with van der Waals surface area (Å²) in [5, 5.41) is 0. The van der Waals surface area contributed by atoms with Gasteiger partial charge in [0.1, 0.15) is 19.3 Å². The van der Waals surface area contributed by atoms with Gasteiger partial charge in [-0.1, -0.05) is 13.8 Å². The third kappa shape index (κ3) is 5.58. The molecule has 22 heavy (non-hydrogen) atoms. The second-order valence-corrected chi connectivity index (χ2v) is 6.38. The van der Waals surface area contributed by atoms with Gasteiger partial charge in [-0.2, -0.15) is 0 Å². The third-order valence-corrected chi connectivity index (χ3v) is 3.08. The topological polar surface area (TPSA) is 59.1 Å². The van der Waals surface area contributed by atoms with Gasteiger partial charge in [0, 0.05) is 12.4 Å². The summed E-state index contributed by atoms with van der Waals surface area (Å²) in [6.45, 7) is 11.8. The molecule has 0 saturated carbocycles. The van der Waals surface area contributed by atoms with Crippen LogP contribution in [-0.2, 0) is 19.1 Å². The van der Waals surface area contributed by atoms with Crippen LogP contribution in [-0.4, -0.2) is 53.2 Å². The van der Waals surface area contributed by atoms with E-state index in [0.29, 0.717) is 0 Å². The second-order valence-electron chi connectivity index (χ2n) is 6.38. The van der Waals surface area contributed by atoms with Gasteiger partial charge in [-0.05, 0) is 33.6 Å². The number of carbonyl (C=O) groups excluding carboxylic acids is 2. The van der Waals surface area contributed by atoms with Gasteiger partial charge in [0.2, 0.25) is 0 Å². The van der Waals surface area contributed by atoms with Crippen molar-refractivity contribution in [3.8, 4) is 0 Å². The van der Waals surface area contributed by atoms with E-state index >= 15 is 0 Å². The van der Waals surface area contributed by atoms with Gasteiger partial charge in [0.25, 0.3) is 0 Å². The van der Waals surface area contributed by atoms with Crippen LogP contribution in [0.2, 0.25) is 0 Å². The van der Waals surface area contributed by atoms with Crippen LogP contribution in [0.4, 0.5) is 0 Å². The number of carbonyl (C=O) groups is 2. The zero-order valence-corrected chi connectivity index (χ0v) is 14.4.